The van der Waals surface area contributed by atoms with Crippen LogP contribution < -0.4 is 4.90 Å². The summed E-state index contributed by atoms with van der Waals surface area (Å²) in [6.45, 7) is 3.99. The second-order valence-electron chi connectivity index (χ2n) is 8.54. The van der Waals surface area contributed by atoms with Crippen LogP contribution in [0.15, 0.2) is 42.6 Å². The van der Waals surface area contributed by atoms with Gasteiger partial charge in [-0.25, -0.2) is 0 Å². The summed E-state index contributed by atoms with van der Waals surface area (Å²) in [5, 5.41) is 11.2. The number of hydrogen-bond acceptors (Lipinski definition) is 4. The molecule has 3 heterocycles. The van der Waals surface area contributed by atoms with Crippen molar-refractivity contribution in [3.05, 3.63) is 48.2 Å². The number of benzene rings is 1. The van der Waals surface area contributed by atoms with Crippen molar-refractivity contribution in [2.24, 2.45) is 0 Å². The first-order chi connectivity index (χ1) is 13.6. The molecule has 5 heteroatoms. The Labute approximate surface area is 166 Å². The summed E-state index contributed by atoms with van der Waals surface area (Å²) >= 11 is 0. The van der Waals surface area contributed by atoms with E-state index in [4.69, 9.17) is 0 Å². The average Bonchev–Trinajstić information content (AvgIpc) is 2.89. The molecule has 0 spiro atoms. The van der Waals surface area contributed by atoms with Crippen LogP contribution >= 0.6 is 0 Å². The highest BCUT2D eigenvalue weighted by molar-refractivity contribution is 6.09. The molecular formula is C23H27N3O2. The van der Waals surface area contributed by atoms with Crippen LogP contribution in [-0.4, -0.2) is 46.1 Å². The number of nitrogens with zero attached hydrogens (tertiary/aromatic N) is 3. The fourth-order valence-electron chi connectivity index (χ4n) is 5.15. The molecule has 1 aliphatic carbocycles. The smallest absolute Gasteiger partial charge is 0.263 e. The predicted octanol–water partition coefficient (Wildman–Crippen LogP) is 3.32. The molecule has 1 atom stereocenters. The van der Waals surface area contributed by atoms with Crippen LogP contribution in [0.2, 0.25) is 0 Å². The molecule has 2 aromatic rings. The van der Waals surface area contributed by atoms with Gasteiger partial charge in [0.25, 0.3) is 5.91 Å². The summed E-state index contributed by atoms with van der Waals surface area (Å²) in [6.07, 6.45) is 7.64. The summed E-state index contributed by atoms with van der Waals surface area (Å²) in [6, 6.07) is 12.4. The lowest BCUT2D eigenvalue weighted by atomic mass is 9.83. The lowest BCUT2D eigenvalue weighted by Gasteiger charge is -2.47. The van der Waals surface area contributed by atoms with Gasteiger partial charge in [-0.15, -0.1) is 0 Å². The van der Waals surface area contributed by atoms with E-state index >= 15 is 0 Å². The van der Waals surface area contributed by atoms with Gasteiger partial charge in [-0.05, 0) is 63.9 Å². The van der Waals surface area contributed by atoms with E-state index in [0.717, 1.165) is 29.8 Å². The number of carbonyl (C=O) groups excluding carboxylic acids is 1. The Balaban J connectivity index is 1.46. The van der Waals surface area contributed by atoms with Gasteiger partial charge in [-0.2, -0.15) is 0 Å². The highest BCUT2D eigenvalue weighted by Gasteiger charge is 2.52. The van der Waals surface area contributed by atoms with Crippen LogP contribution in [0.3, 0.4) is 0 Å². The summed E-state index contributed by atoms with van der Waals surface area (Å²) in [5.41, 5.74) is 1.65. The van der Waals surface area contributed by atoms with Gasteiger partial charge in [0, 0.05) is 29.4 Å². The summed E-state index contributed by atoms with van der Waals surface area (Å²) in [7, 11) is 0. The number of pyridine rings is 1. The average molecular weight is 377 g/mol. The van der Waals surface area contributed by atoms with Crippen LogP contribution in [-0.2, 0) is 10.4 Å². The van der Waals surface area contributed by atoms with Gasteiger partial charge < -0.3 is 14.9 Å². The molecule has 5 rings (SSSR count). The van der Waals surface area contributed by atoms with Crippen molar-refractivity contribution in [1.29, 1.82) is 0 Å². The number of aromatic nitrogens is 1. The molecule has 28 heavy (non-hydrogen) atoms. The minimum atomic E-state index is -1.51. The van der Waals surface area contributed by atoms with Crippen molar-refractivity contribution in [2.45, 2.75) is 56.7 Å². The molecular weight excluding hydrogens is 350 g/mol. The summed E-state index contributed by atoms with van der Waals surface area (Å²) in [5.74, 6) is -0.201. The van der Waals surface area contributed by atoms with E-state index in [2.05, 4.69) is 9.88 Å². The minimum absolute atomic E-state index is 0.172. The molecule has 1 unspecified atom stereocenters. The molecule has 2 fully saturated rings. The first kappa shape index (κ1) is 17.8. The molecule has 1 aromatic heterocycles. The minimum Gasteiger partial charge on any atom is -0.375 e. The van der Waals surface area contributed by atoms with Crippen LogP contribution in [0.5, 0.6) is 0 Å². The van der Waals surface area contributed by atoms with Crippen molar-refractivity contribution in [3.63, 3.8) is 0 Å². The quantitative estimate of drug-likeness (QED) is 0.892. The maximum Gasteiger partial charge on any atom is 0.263 e. The molecule has 5 nitrogen and oxygen atoms in total. The van der Waals surface area contributed by atoms with E-state index in [-0.39, 0.29) is 11.9 Å². The Kier molecular flexibility index (Phi) is 4.25. The molecule has 1 N–H and O–H groups in total. The first-order valence-electron chi connectivity index (χ1n) is 10.4. The number of hydrogen-bond donors (Lipinski definition) is 1. The Hall–Kier alpha value is -2.24. The predicted molar refractivity (Wildman–Crippen MR) is 109 cm³/mol. The van der Waals surface area contributed by atoms with E-state index in [1.165, 1.54) is 32.4 Å². The fraction of sp³-hybridized carbons (Fsp3) is 0.478. The van der Waals surface area contributed by atoms with Crippen molar-refractivity contribution in [1.82, 2.24) is 9.88 Å². The van der Waals surface area contributed by atoms with Crippen LogP contribution in [0.25, 0.3) is 11.3 Å². The van der Waals surface area contributed by atoms with E-state index in [1.54, 1.807) is 13.1 Å². The van der Waals surface area contributed by atoms with Gasteiger partial charge in [-0.1, -0.05) is 24.6 Å². The Morgan fingerprint density at radius 1 is 1.04 bits per heavy atom. The second-order valence-corrected chi connectivity index (χ2v) is 8.54. The number of fused-ring (bicyclic) bond motifs is 1. The number of aliphatic hydroxyl groups is 1. The van der Waals surface area contributed by atoms with Gasteiger partial charge in [0.05, 0.1) is 11.4 Å². The number of amides is 1. The molecule has 0 bridgehead atoms. The van der Waals surface area contributed by atoms with Gasteiger partial charge in [0.15, 0.2) is 5.60 Å². The Bertz CT molecular complexity index is 884. The van der Waals surface area contributed by atoms with Crippen molar-refractivity contribution in [3.8, 4) is 11.3 Å². The van der Waals surface area contributed by atoms with Gasteiger partial charge in [-0.3, -0.25) is 9.78 Å². The lowest BCUT2D eigenvalue weighted by Crippen LogP contribution is -2.57. The number of rotatable bonds is 3. The summed E-state index contributed by atoms with van der Waals surface area (Å²) < 4.78 is 0. The molecule has 1 amide bonds. The lowest BCUT2D eigenvalue weighted by molar-refractivity contribution is -0.135. The first-order valence-corrected chi connectivity index (χ1v) is 10.4. The number of anilines is 1. The Morgan fingerprint density at radius 2 is 1.82 bits per heavy atom. The van der Waals surface area contributed by atoms with Crippen molar-refractivity contribution in [2.75, 3.05) is 18.0 Å². The fourth-order valence-corrected chi connectivity index (χ4v) is 5.15. The van der Waals surface area contributed by atoms with Crippen LogP contribution in [0, 0.1) is 0 Å². The molecule has 1 saturated carbocycles. The second kappa shape index (κ2) is 6.68. The monoisotopic (exact) mass is 377 g/mol. The van der Waals surface area contributed by atoms with Crippen LogP contribution in [0.4, 0.5) is 5.69 Å². The molecule has 1 saturated heterocycles. The highest BCUT2D eigenvalue weighted by atomic mass is 16.3. The van der Waals surface area contributed by atoms with Crippen molar-refractivity contribution < 1.29 is 9.90 Å². The van der Waals surface area contributed by atoms with E-state index < -0.39 is 5.60 Å². The highest BCUT2D eigenvalue weighted by Crippen LogP contribution is 2.48. The van der Waals surface area contributed by atoms with Crippen LogP contribution in [0.1, 0.15) is 44.6 Å². The van der Waals surface area contributed by atoms with E-state index in [9.17, 15) is 9.90 Å². The maximum atomic E-state index is 13.2. The standard InChI is InChI=1S/C23H27N3O2/c1-23(28)21-18(19-9-3-4-11-24-19)8-7-10-20(21)26(22(23)27)17-14-16(15-17)25-12-5-2-6-13-25/h3-4,7-11,16-17,28H,2,5-6,12-15H2,1H3. The van der Waals surface area contributed by atoms with Gasteiger partial charge >= 0.3 is 0 Å². The topological polar surface area (TPSA) is 56.7 Å². The largest absolute Gasteiger partial charge is 0.375 e. The zero-order chi connectivity index (χ0) is 19.3. The normalized spacial score (nSPS) is 30.2. The molecule has 0 radical (unpaired) electrons. The molecule has 3 aliphatic rings. The number of carbonyl (C=O) groups is 1. The number of piperidine rings is 1. The zero-order valence-corrected chi connectivity index (χ0v) is 16.3. The molecule has 146 valence electrons. The SMILES string of the molecule is CC1(O)C(=O)N(C2CC(N3CCCCC3)C2)c2cccc(-c3ccccn3)c21. The summed E-state index contributed by atoms with van der Waals surface area (Å²) in [4.78, 5) is 22.1. The third-order valence-electron chi connectivity index (χ3n) is 6.73. The third kappa shape index (κ3) is 2.68. The van der Waals surface area contributed by atoms with Gasteiger partial charge in [0.2, 0.25) is 0 Å². The third-order valence-corrected chi connectivity index (χ3v) is 6.73. The Morgan fingerprint density at radius 3 is 2.54 bits per heavy atom. The van der Waals surface area contributed by atoms with E-state index in [0.29, 0.717) is 11.6 Å². The van der Waals surface area contributed by atoms with E-state index in [1.807, 2.05) is 41.3 Å². The maximum absolute atomic E-state index is 13.2. The molecule has 2 aliphatic heterocycles. The van der Waals surface area contributed by atoms with Crippen molar-refractivity contribution >= 4 is 11.6 Å². The van der Waals surface area contributed by atoms with Gasteiger partial charge in [0.1, 0.15) is 0 Å². The number of likely N-dealkylation sites (tertiary alicyclic amines) is 1. The zero-order valence-electron chi connectivity index (χ0n) is 16.3. The molecule has 1 aromatic carbocycles.